The van der Waals surface area contributed by atoms with Crippen LogP contribution in [0, 0.1) is 0 Å². The predicted molar refractivity (Wildman–Crippen MR) is 137 cm³/mol. The second kappa shape index (κ2) is 37.3. The summed E-state index contributed by atoms with van der Waals surface area (Å²) in [6.45, 7) is 27.9. The molecule has 0 rings (SSSR count). The summed E-state index contributed by atoms with van der Waals surface area (Å²) in [4.78, 5) is 56.5. The van der Waals surface area contributed by atoms with Crippen molar-refractivity contribution >= 4 is 35.8 Å². The maximum atomic E-state index is 9.60. The maximum absolute atomic E-state index is 9.60. The smallest absolute Gasteiger partial charge is 0.330 e. The highest BCUT2D eigenvalue weighted by Gasteiger charge is 1.91. The minimum Gasteiger partial charge on any atom is -0.478 e. The molecular formula is C24H36O12. The highest BCUT2D eigenvalue weighted by Crippen LogP contribution is 1.82. The summed E-state index contributed by atoms with van der Waals surface area (Å²) in [5.74, 6) is -5.75. The molecule has 0 bridgehead atoms. The van der Waals surface area contributed by atoms with Crippen molar-refractivity contribution < 1.29 is 59.4 Å². The molecule has 0 fully saturated rings. The van der Waals surface area contributed by atoms with Crippen LogP contribution < -0.4 is 0 Å². The Morgan fingerprint density at radius 1 is 0.472 bits per heavy atom. The number of aliphatic carboxylic acids is 6. The minimum absolute atomic E-state index is 0.176. The predicted octanol–water partition coefficient (Wildman–Crippen LogP) is 3.90. The van der Waals surface area contributed by atoms with Crippen LogP contribution in [-0.2, 0) is 28.8 Å². The molecule has 0 aliphatic carbocycles. The molecule has 0 aliphatic rings. The van der Waals surface area contributed by atoms with E-state index in [0.717, 1.165) is 18.2 Å². The topological polar surface area (TPSA) is 224 Å². The Labute approximate surface area is 210 Å². The van der Waals surface area contributed by atoms with Crippen molar-refractivity contribution in [2.24, 2.45) is 0 Å². The summed E-state index contributed by atoms with van der Waals surface area (Å²) in [6.07, 6.45) is 4.25. The van der Waals surface area contributed by atoms with Crippen LogP contribution in [0.2, 0.25) is 0 Å². The van der Waals surface area contributed by atoms with E-state index in [1.54, 1.807) is 6.08 Å². The van der Waals surface area contributed by atoms with Crippen molar-refractivity contribution in [3.05, 3.63) is 87.1 Å². The van der Waals surface area contributed by atoms with E-state index in [-0.39, 0.29) is 16.7 Å². The first-order chi connectivity index (χ1) is 16.2. The van der Waals surface area contributed by atoms with Crippen LogP contribution in [0.15, 0.2) is 87.1 Å². The number of carboxylic acid groups (broad SMARTS) is 6. The van der Waals surface area contributed by atoms with Gasteiger partial charge in [-0.15, -0.1) is 6.58 Å². The number of hydrogen-bond donors (Lipinski definition) is 6. The Kier molecular flexibility index (Phi) is 50.2. The van der Waals surface area contributed by atoms with E-state index in [0.29, 0.717) is 0 Å². The molecule has 36 heavy (non-hydrogen) atoms. The van der Waals surface area contributed by atoms with Gasteiger partial charge in [0.1, 0.15) is 0 Å². The molecule has 0 aromatic rings. The average Bonchev–Trinajstić information content (AvgIpc) is 2.76. The molecule has 12 heteroatoms. The molecule has 0 heterocycles. The number of rotatable bonds is 6. The van der Waals surface area contributed by atoms with Crippen molar-refractivity contribution in [2.45, 2.75) is 27.7 Å². The number of carboxylic acids is 6. The first-order valence-corrected chi connectivity index (χ1v) is 8.95. The van der Waals surface area contributed by atoms with Crippen molar-refractivity contribution in [3.8, 4) is 0 Å². The number of carbonyl (C=O) groups is 6. The van der Waals surface area contributed by atoms with Crippen LogP contribution in [0.4, 0.5) is 0 Å². The fourth-order valence-corrected chi connectivity index (χ4v) is 0. The molecule has 0 spiro atoms. The Morgan fingerprint density at radius 2 is 0.528 bits per heavy atom. The Balaban J connectivity index is -0.0000000550. The summed E-state index contributed by atoms with van der Waals surface area (Å²) in [7, 11) is 0. The van der Waals surface area contributed by atoms with Gasteiger partial charge >= 0.3 is 35.8 Å². The lowest BCUT2D eigenvalue weighted by atomic mass is 10.4. The lowest BCUT2D eigenvalue weighted by molar-refractivity contribution is -0.133. The van der Waals surface area contributed by atoms with Crippen LogP contribution in [0.5, 0.6) is 0 Å². The third-order valence-electron chi connectivity index (χ3n) is 1.62. The first-order valence-electron chi connectivity index (χ1n) is 8.95. The van der Waals surface area contributed by atoms with E-state index >= 15 is 0 Å². The molecule has 12 nitrogen and oxygen atoms in total. The molecule has 0 amide bonds. The van der Waals surface area contributed by atoms with Crippen LogP contribution in [0.3, 0.4) is 0 Å². The zero-order chi connectivity index (χ0) is 31.0. The van der Waals surface area contributed by atoms with Crippen LogP contribution in [0.1, 0.15) is 27.7 Å². The molecule has 204 valence electrons. The molecule has 0 aromatic heterocycles. The van der Waals surface area contributed by atoms with Crippen LogP contribution in [0.25, 0.3) is 0 Å². The van der Waals surface area contributed by atoms with Gasteiger partial charge in [0.25, 0.3) is 0 Å². The quantitative estimate of drug-likeness (QED) is 0.218. The van der Waals surface area contributed by atoms with Gasteiger partial charge in [-0.1, -0.05) is 45.5 Å². The van der Waals surface area contributed by atoms with E-state index in [4.69, 9.17) is 30.6 Å². The zero-order valence-electron chi connectivity index (χ0n) is 20.9. The van der Waals surface area contributed by atoms with Crippen LogP contribution >= 0.6 is 0 Å². The fourth-order valence-electron chi connectivity index (χ4n) is 0. The first kappa shape index (κ1) is 48.4. The monoisotopic (exact) mass is 516 g/mol. The summed E-state index contributed by atoms with van der Waals surface area (Å²) in [6, 6.07) is 0. The second-order valence-corrected chi connectivity index (χ2v) is 5.29. The molecule has 0 saturated heterocycles. The fraction of sp³-hybridized carbons (Fsp3) is 0.167. The normalized spacial score (nSPS) is 6.78. The van der Waals surface area contributed by atoms with Gasteiger partial charge in [0.05, 0.1) is 0 Å². The third kappa shape index (κ3) is 135. The lowest BCUT2D eigenvalue weighted by Crippen LogP contribution is -1.92. The summed E-state index contributed by atoms with van der Waals surface area (Å²) < 4.78 is 0. The highest BCUT2D eigenvalue weighted by molar-refractivity contribution is 5.85. The van der Waals surface area contributed by atoms with Crippen molar-refractivity contribution in [2.75, 3.05) is 0 Å². The van der Waals surface area contributed by atoms with Gasteiger partial charge in [0, 0.05) is 34.9 Å². The molecule has 6 N–H and O–H groups in total. The number of hydrogen-bond acceptors (Lipinski definition) is 6. The molecular weight excluding hydrogens is 480 g/mol. The van der Waals surface area contributed by atoms with Crippen molar-refractivity contribution in [1.82, 2.24) is 0 Å². The Morgan fingerprint density at radius 3 is 0.528 bits per heavy atom. The van der Waals surface area contributed by atoms with Gasteiger partial charge in [-0.2, -0.15) is 0 Å². The standard InChI is InChI=1S/3C4H6O2.3C3H4O2.C3H6/c3*1-3(2)4(5)6;3*1-2-3(4)5;1-3-2/h3*1H2,2H3,(H,5,6);3*2H,1H2,(H,4,5);3H,1H2,2H3. The van der Waals surface area contributed by atoms with E-state index < -0.39 is 35.8 Å². The summed E-state index contributed by atoms with van der Waals surface area (Å²) >= 11 is 0. The molecule has 0 radical (unpaired) electrons. The molecule has 0 saturated carbocycles. The Bertz CT molecular complexity index is 651. The largest absolute Gasteiger partial charge is 0.478 e. The SMILES string of the molecule is C=C(C)C(=O)O.C=C(C)C(=O)O.C=C(C)C(=O)O.C=CC.C=CC(=O)O.C=CC(=O)O.C=CC(=O)O. The van der Waals surface area contributed by atoms with Gasteiger partial charge in [-0.3, -0.25) is 0 Å². The van der Waals surface area contributed by atoms with Crippen molar-refractivity contribution in [3.63, 3.8) is 0 Å². The van der Waals surface area contributed by atoms with E-state index in [1.807, 2.05) is 6.92 Å². The molecule has 0 aliphatic heterocycles. The lowest BCUT2D eigenvalue weighted by Gasteiger charge is -1.79. The van der Waals surface area contributed by atoms with Gasteiger partial charge < -0.3 is 30.6 Å². The number of allylic oxidation sites excluding steroid dienone is 1. The van der Waals surface area contributed by atoms with Gasteiger partial charge in [0.2, 0.25) is 0 Å². The van der Waals surface area contributed by atoms with Gasteiger partial charge in [-0.05, 0) is 27.7 Å². The zero-order valence-corrected chi connectivity index (χ0v) is 20.9. The van der Waals surface area contributed by atoms with Gasteiger partial charge in [-0.25, -0.2) is 28.8 Å². The minimum atomic E-state index is -0.981. The average molecular weight is 517 g/mol. The van der Waals surface area contributed by atoms with E-state index in [2.05, 4.69) is 46.1 Å². The second-order valence-electron chi connectivity index (χ2n) is 5.29. The highest BCUT2D eigenvalue weighted by atomic mass is 16.4. The summed E-state index contributed by atoms with van der Waals surface area (Å²) in [5.41, 5.74) is 0.528. The maximum Gasteiger partial charge on any atom is 0.330 e. The Hall–Kier alpha value is -5.00. The molecule has 0 aromatic carbocycles. The molecule has 0 atom stereocenters. The molecule has 0 unspecified atom stereocenters. The van der Waals surface area contributed by atoms with E-state index in [1.165, 1.54) is 20.8 Å². The van der Waals surface area contributed by atoms with E-state index in [9.17, 15) is 28.8 Å². The summed E-state index contributed by atoms with van der Waals surface area (Å²) in [5, 5.41) is 46.5. The van der Waals surface area contributed by atoms with Crippen molar-refractivity contribution in [1.29, 1.82) is 0 Å². The van der Waals surface area contributed by atoms with Crippen LogP contribution in [-0.4, -0.2) is 66.5 Å². The third-order valence-corrected chi connectivity index (χ3v) is 1.62. The van der Waals surface area contributed by atoms with Gasteiger partial charge in [0.15, 0.2) is 0 Å².